The predicted octanol–water partition coefficient (Wildman–Crippen LogP) is 1.49. The number of para-hydroxylation sites is 1. The highest BCUT2D eigenvalue weighted by molar-refractivity contribution is 5.98. The molecule has 0 spiro atoms. The number of hydrogen-bond acceptors (Lipinski definition) is 6. The third-order valence-electron chi connectivity index (χ3n) is 6.47. The maximum absolute atomic E-state index is 13.6. The van der Waals surface area contributed by atoms with Crippen molar-refractivity contribution in [2.75, 3.05) is 33.7 Å². The number of rotatable bonds is 4. The average molecular weight is 465 g/mol. The number of fused-ring (bicyclic) bond motifs is 4. The van der Waals surface area contributed by atoms with E-state index in [4.69, 9.17) is 9.90 Å². The van der Waals surface area contributed by atoms with Gasteiger partial charge in [0.1, 0.15) is 12.7 Å². The molecule has 1 saturated heterocycles. The SMILES string of the molecule is CN(C)C[C@H]1[C@H]2C[C@H](CN(C(=O)c3ccccc3-n3cnnc3)C2)c2cccc(=O)n21.O=CO. The van der Waals surface area contributed by atoms with E-state index in [1.165, 1.54) is 0 Å². The highest BCUT2D eigenvalue weighted by Crippen LogP contribution is 2.41. The number of likely N-dealkylation sites (tertiary alicyclic amines) is 1. The third kappa shape index (κ3) is 4.49. The minimum absolute atomic E-state index is 0.00864. The summed E-state index contributed by atoms with van der Waals surface area (Å²) in [6.07, 6.45) is 4.21. The largest absolute Gasteiger partial charge is 0.483 e. The Balaban J connectivity index is 0.000000868. The maximum Gasteiger partial charge on any atom is 0.290 e. The summed E-state index contributed by atoms with van der Waals surface area (Å²) in [5.41, 5.74) is 2.50. The van der Waals surface area contributed by atoms with Gasteiger partial charge in [0.05, 0.1) is 17.3 Å². The van der Waals surface area contributed by atoms with Crippen LogP contribution in [0.4, 0.5) is 0 Å². The van der Waals surface area contributed by atoms with Crippen LogP contribution in [0.2, 0.25) is 0 Å². The monoisotopic (exact) mass is 464 g/mol. The Morgan fingerprint density at radius 3 is 2.53 bits per heavy atom. The van der Waals surface area contributed by atoms with Gasteiger partial charge in [-0.3, -0.25) is 19.0 Å². The number of benzene rings is 1. The minimum Gasteiger partial charge on any atom is -0.483 e. The Morgan fingerprint density at radius 1 is 1.12 bits per heavy atom. The van der Waals surface area contributed by atoms with Gasteiger partial charge in [0.15, 0.2) is 0 Å². The lowest BCUT2D eigenvalue weighted by molar-refractivity contribution is -0.122. The maximum atomic E-state index is 13.6. The minimum atomic E-state index is -0.250. The lowest BCUT2D eigenvalue weighted by atomic mass is 9.78. The summed E-state index contributed by atoms with van der Waals surface area (Å²) < 4.78 is 3.74. The standard InChI is InChI=1S/C23H26N6O2.CH2O2/c1-26(2)13-21-17-10-16(19-8-5-9-22(30)29(19)21)11-27(12-17)23(31)18-6-3-4-7-20(18)28-14-24-25-15-28;2-1-3/h3-9,14-17,21H,10-13H2,1-2H3;1H,(H,2,3)/t16-,17+,21+;/m1./s1. The lowest BCUT2D eigenvalue weighted by Gasteiger charge is -2.47. The van der Waals surface area contributed by atoms with Crippen molar-refractivity contribution in [1.29, 1.82) is 0 Å². The van der Waals surface area contributed by atoms with Crippen molar-refractivity contribution in [2.24, 2.45) is 5.92 Å². The Morgan fingerprint density at radius 2 is 1.82 bits per heavy atom. The molecule has 0 aliphatic carbocycles. The van der Waals surface area contributed by atoms with Crippen molar-refractivity contribution in [3.05, 3.63) is 76.7 Å². The van der Waals surface area contributed by atoms with E-state index in [9.17, 15) is 9.59 Å². The molecule has 0 radical (unpaired) electrons. The molecule has 5 rings (SSSR count). The molecule has 2 aliphatic rings. The molecular weight excluding hydrogens is 436 g/mol. The number of aromatic nitrogens is 4. The van der Waals surface area contributed by atoms with Gasteiger partial charge < -0.3 is 19.5 Å². The fourth-order valence-electron chi connectivity index (χ4n) is 5.19. The quantitative estimate of drug-likeness (QED) is 0.582. The van der Waals surface area contributed by atoms with Crippen LogP contribution >= 0.6 is 0 Å². The van der Waals surface area contributed by atoms with E-state index in [2.05, 4.69) is 15.1 Å². The molecule has 1 aromatic carbocycles. The zero-order chi connectivity index (χ0) is 24.2. The van der Waals surface area contributed by atoms with E-state index in [0.29, 0.717) is 18.7 Å². The van der Waals surface area contributed by atoms with Crippen LogP contribution in [0.1, 0.15) is 34.4 Å². The van der Waals surface area contributed by atoms with Gasteiger partial charge in [-0.15, -0.1) is 10.2 Å². The van der Waals surface area contributed by atoms with Crippen molar-refractivity contribution in [3.8, 4) is 5.69 Å². The normalized spacial score (nSPS) is 20.8. The number of carboxylic acid groups (broad SMARTS) is 1. The molecule has 4 heterocycles. The molecule has 3 atom stereocenters. The van der Waals surface area contributed by atoms with E-state index in [1.807, 2.05) is 60.0 Å². The molecule has 0 saturated carbocycles. The number of hydrogen-bond donors (Lipinski definition) is 1. The third-order valence-corrected chi connectivity index (χ3v) is 6.47. The number of likely N-dealkylation sites (N-methyl/N-ethyl adjacent to an activating group) is 1. The Labute approximate surface area is 197 Å². The van der Waals surface area contributed by atoms with Gasteiger partial charge in [-0.2, -0.15) is 0 Å². The summed E-state index contributed by atoms with van der Waals surface area (Å²) in [7, 11) is 4.06. The first kappa shape index (κ1) is 23.4. The first-order valence-corrected chi connectivity index (χ1v) is 11.1. The molecule has 10 nitrogen and oxygen atoms in total. The van der Waals surface area contributed by atoms with Crippen LogP contribution in [0.15, 0.2) is 59.9 Å². The van der Waals surface area contributed by atoms with Crippen LogP contribution < -0.4 is 5.56 Å². The van der Waals surface area contributed by atoms with Crippen molar-refractivity contribution in [3.63, 3.8) is 0 Å². The Hall–Kier alpha value is -3.79. The van der Waals surface area contributed by atoms with E-state index in [0.717, 1.165) is 24.3 Å². The molecule has 0 unspecified atom stereocenters. The van der Waals surface area contributed by atoms with Gasteiger partial charge >= 0.3 is 0 Å². The Kier molecular flexibility index (Phi) is 6.87. The highest BCUT2D eigenvalue weighted by Gasteiger charge is 2.42. The summed E-state index contributed by atoms with van der Waals surface area (Å²) in [6.45, 7) is 1.78. The van der Waals surface area contributed by atoms with Crippen molar-refractivity contribution in [1.82, 2.24) is 29.1 Å². The smallest absolute Gasteiger partial charge is 0.290 e. The van der Waals surface area contributed by atoms with Crippen molar-refractivity contribution < 1.29 is 14.7 Å². The molecule has 3 aromatic rings. The number of amides is 1. The first-order valence-electron chi connectivity index (χ1n) is 11.1. The number of piperidine rings is 1. The van der Waals surface area contributed by atoms with Crippen LogP contribution in [-0.2, 0) is 4.79 Å². The second-order valence-corrected chi connectivity index (χ2v) is 8.88. The summed E-state index contributed by atoms with van der Waals surface area (Å²) in [5, 5.41) is 14.6. The van der Waals surface area contributed by atoms with Gasteiger partial charge in [0.2, 0.25) is 0 Å². The predicted molar refractivity (Wildman–Crippen MR) is 125 cm³/mol. The number of carbonyl (C=O) groups excluding carboxylic acids is 1. The summed E-state index contributed by atoms with van der Waals surface area (Å²) in [5.74, 6) is 0.409. The van der Waals surface area contributed by atoms with Crippen LogP contribution in [0, 0.1) is 5.92 Å². The number of nitrogens with zero attached hydrogens (tertiary/aromatic N) is 6. The molecule has 2 aliphatic heterocycles. The first-order chi connectivity index (χ1) is 16.4. The number of carbonyl (C=O) groups is 2. The van der Waals surface area contributed by atoms with E-state index in [-0.39, 0.29) is 35.8 Å². The van der Waals surface area contributed by atoms with Gasteiger partial charge in [-0.1, -0.05) is 18.2 Å². The van der Waals surface area contributed by atoms with E-state index < -0.39 is 0 Å². The molecule has 1 amide bonds. The van der Waals surface area contributed by atoms with Gasteiger partial charge in [0.25, 0.3) is 17.9 Å². The topological polar surface area (TPSA) is 114 Å². The number of pyridine rings is 1. The second kappa shape index (κ2) is 10.0. The van der Waals surface area contributed by atoms with Crippen molar-refractivity contribution >= 4 is 12.4 Å². The van der Waals surface area contributed by atoms with E-state index >= 15 is 0 Å². The van der Waals surface area contributed by atoms with Crippen LogP contribution in [0.3, 0.4) is 0 Å². The van der Waals surface area contributed by atoms with Crippen LogP contribution in [-0.4, -0.2) is 80.3 Å². The van der Waals surface area contributed by atoms with Crippen molar-refractivity contribution in [2.45, 2.75) is 18.4 Å². The fourth-order valence-corrected chi connectivity index (χ4v) is 5.19. The zero-order valence-electron chi connectivity index (χ0n) is 19.2. The molecule has 2 aromatic heterocycles. The molecule has 1 N–H and O–H groups in total. The Bertz CT molecular complexity index is 1210. The van der Waals surface area contributed by atoms with Gasteiger partial charge in [-0.05, 0) is 44.6 Å². The average Bonchev–Trinajstić information content (AvgIpc) is 3.36. The molecular formula is C24H28N6O4. The molecule has 2 bridgehead atoms. The zero-order valence-corrected chi connectivity index (χ0v) is 19.2. The molecule has 10 heteroatoms. The summed E-state index contributed by atoms with van der Waals surface area (Å²) in [6, 6.07) is 13.1. The van der Waals surface area contributed by atoms with E-state index in [1.54, 1.807) is 23.3 Å². The molecule has 1 fully saturated rings. The summed E-state index contributed by atoms with van der Waals surface area (Å²) >= 11 is 0. The molecule has 178 valence electrons. The highest BCUT2D eigenvalue weighted by atomic mass is 16.3. The second-order valence-electron chi connectivity index (χ2n) is 8.88. The van der Waals surface area contributed by atoms with Crippen LogP contribution in [0.25, 0.3) is 5.69 Å². The molecule has 34 heavy (non-hydrogen) atoms. The van der Waals surface area contributed by atoms with Crippen LogP contribution in [0.5, 0.6) is 0 Å². The van der Waals surface area contributed by atoms with Gasteiger partial charge in [0, 0.05) is 37.3 Å². The fraction of sp³-hybridized carbons (Fsp3) is 0.375. The van der Waals surface area contributed by atoms with Gasteiger partial charge in [-0.25, -0.2) is 0 Å². The summed E-state index contributed by atoms with van der Waals surface area (Å²) in [4.78, 5) is 38.8. The lowest BCUT2D eigenvalue weighted by Crippen LogP contribution is -2.52.